The van der Waals surface area contributed by atoms with E-state index in [2.05, 4.69) is 10.2 Å². The highest BCUT2D eigenvalue weighted by Gasteiger charge is 2.37. The number of hydrogen-bond acceptors (Lipinski definition) is 5. The summed E-state index contributed by atoms with van der Waals surface area (Å²) in [5.74, 6) is 1.17. The standard InChI is InChI=1S/C23H27N3O4/c1-25-18-15-16(10-11-17(18)23(28)26-13-6-5-9-21(25)26)22(27)24-12-14-30-20-8-4-3-7-19(20)29-2/h3-4,7-8,10-11,15,21H,5-6,9,12-14H2,1-2H3,(H,24,27)/t21-/m1/s1. The molecule has 7 nitrogen and oxygen atoms in total. The lowest BCUT2D eigenvalue weighted by Crippen LogP contribution is -2.55. The van der Waals surface area contributed by atoms with Gasteiger partial charge in [-0.1, -0.05) is 12.1 Å². The molecular weight excluding hydrogens is 382 g/mol. The van der Waals surface area contributed by atoms with Crippen molar-refractivity contribution >= 4 is 17.5 Å². The molecule has 7 heteroatoms. The molecule has 0 saturated carbocycles. The van der Waals surface area contributed by atoms with E-state index < -0.39 is 0 Å². The molecule has 1 saturated heterocycles. The number of piperidine rings is 1. The minimum Gasteiger partial charge on any atom is -0.493 e. The largest absolute Gasteiger partial charge is 0.493 e. The van der Waals surface area contributed by atoms with Crippen LogP contribution in [0, 0.1) is 0 Å². The minimum atomic E-state index is -0.187. The summed E-state index contributed by atoms with van der Waals surface area (Å²) in [6, 6.07) is 12.7. The molecule has 30 heavy (non-hydrogen) atoms. The molecule has 1 atom stereocenters. The zero-order valence-corrected chi connectivity index (χ0v) is 17.4. The lowest BCUT2D eigenvalue weighted by atomic mass is 9.97. The number of carbonyl (C=O) groups excluding carboxylic acids is 2. The molecule has 2 amide bonds. The molecule has 2 aromatic carbocycles. The van der Waals surface area contributed by atoms with Gasteiger partial charge in [0.15, 0.2) is 11.5 Å². The van der Waals surface area contributed by atoms with Gasteiger partial charge in [-0.05, 0) is 49.6 Å². The van der Waals surface area contributed by atoms with Crippen LogP contribution in [-0.4, -0.2) is 56.7 Å². The molecule has 2 aliphatic rings. The lowest BCUT2D eigenvalue weighted by molar-refractivity contribution is 0.0589. The average molecular weight is 409 g/mol. The van der Waals surface area contributed by atoms with Crippen molar-refractivity contribution in [3.63, 3.8) is 0 Å². The van der Waals surface area contributed by atoms with E-state index in [0.717, 1.165) is 31.5 Å². The van der Waals surface area contributed by atoms with E-state index in [1.54, 1.807) is 19.2 Å². The van der Waals surface area contributed by atoms with Crippen molar-refractivity contribution < 1.29 is 19.1 Å². The lowest BCUT2D eigenvalue weighted by Gasteiger charge is -2.46. The van der Waals surface area contributed by atoms with Crippen LogP contribution >= 0.6 is 0 Å². The number of para-hydroxylation sites is 2. The van der Waals surface area contributed by atoms with Crippen molar-refractivity contribution in [2.75, 3.05) is 38.8 Å². The molecule has 0 spiro atoms. The first-order chi connectivity index (χ1) is 14.6. The van der Waals surface area contributed by atoms with Crippen molar-refractivity contribution in [3.05, 3.63) is 53.6 Å². The molecule has 2 heterocycles. The Balaban J connectivity index is 1.39. The zero-order chi connectivity index (χ0) is 21.1. The number of anilines is 1. The van der Waals surface area contributed by atoms with Crippen LogP contribution in [0.3, 0.4) is 0 Å². The Kier molecular flexibility index (Phi) is 5.79. The van der Waals surface area contributed by atoms with Crippen LogP contribution in [0.2, 0.25) is 0 Å². The summed E-state index contributed by atoms with van der Waals surface area (Å²) in [6.45, 7) is 1.48. The Labute approximate surface area is 176 Å². The molecule has 0 aromatic heterocycles. The van der Waals surface area contributed by atoms with Gasteiger partial charge in [-0.25, -0.2) is 0 Å². The molecular formula is C23H27N3O4. The van der Waals surface area contributed by atoms with Crippen LogP contribution < -0.4 is 19.7 Å². The number of fused-ring (bicyclic) bond motifs is 2. The Hall–Kier alpha value is -3.22. The molecule has 1 N–H and O–H groups in total. The maximum atomic E-state index is 12.8. The number of nitrogens with zero attached hydrogens (tertiary/aromatic N) is 2. The van der Waals surface area contributed by atoms with Crippen LogP contribution in [0.5, 0.6) is 11.5 Å². The van der Waals surface area contributed by atoms with Gasteiger partial charge in [-0.2, -0.15) is 0 Å². The maximum absolute atomic E-state index is 12.8. The van der Waals surface area contributed by atoms with Gasteiger partial charge in [0.05, 0.1) is 24.9 Å². The fraction of sp³-hybridized carbons (Fsp3) is 0.391. The first kappa shape index (κ1) is 20.1. The van der Waals surface area contributed by atoms with E-state index >= 15 is 0 Å². The van der Waals surface area contributed by atoms with Gasteiger partial charge in [0.1, 0.15) is 12.8 Å². The van der Waals surface area contributed by atoms with Gasteiger partial charge < -0.3 is 24.6 Å². The minimum absolute atomic E-state index is 0.0602. The first-order valence-corrected chi connectivity index (χ1v) is 10.3. The number of amides is 2. The predicted octanol–water partition coefficient (Wildman–Crippen LogP) is 2.91. The Morgan fingerprint density at radius 2 is 1.97 bits per heavy atom. The fourth-order valence-corrected chi connectivity index (χ4v) is 4.18. The van der Waals surface area contributed by atoms with E-state index in [1.807, 2.05) is 42.3 Å². The van der Waals surface area contributed by atoms with Crippen molar-refractivity contribution in [1.29, 1.82) is 0 Å². The van der Waals surface area contributed by atoms with Gasteiger partial charge in [0.2, 0.25) is 0 Å². The number of benzene rings is 2. The van der Waals surface area contributed by atoms with Crippen LogP contribution in [0.4, 0.5) is 5.69 Å². The topological polar surface area (TPSA) is 71.1 Å². The molecule has 158 valence electrons. The number of ether oxygens (including phenoxy) is 2. The third-order valence-electron chi connectivity index (χ3n) is 5.76. The van der Waals surface area contributed by atoms with Crippen LogP contribution in [0.15, 0.2) is 42.5 Å². The van der Waals surface area contributed by atoms with E-state index in [0.29, 0.717) is 35.8 Å². The van der Waals surface area contributed by atoms with E-state index in [1.165, 1.54) is 0 Å². The third kappa shape index (κ3) is 3.79. The summed E-state index contributed by atoms with van der Waals surface area (Å²) < 4.78 is 11.0. The van der Waals surface area contributed by atoms with Crippen molar-refractivity contribution in [2.45, 2.75) is 25.4 Å². The average Bonchev–Trinajstić information content (AvgIpc) is 2.80. The van der Waals surface area contributed by atoms with E-state index in [4.69, 9.17) is 9.47 Å². The second-order valence-electron chi connectivity index (χ2n) is 7.57. The second kappa shape index (κ2) is 8.65. The van der Waals surface area contributed by atoms with Crippen LogP contribution in [0.25, 0.3) is 0 Å². The quantitative estimate of drug-likeness (QED) is 0.743. The SMILES string of the molecule is COc1ccccc1OCCNC(=O)c1ccc2c(c1)N(C)[C@H]1CCCCN1C2=O. The van der Waals surface area contributed by atoms with E-state index in [-0.39, 0.29) is 18.0 Å². The molecule has 0 unspecified atom stereocenters. The molecule has 4 rings (SSSR count). The number of rotatable bonds is 6. The van der Waals surface area contributed by atoms with Gasteiger partial charge >= 0.3 is 0 Å². The highest BCUT2D eigenvalue weighted by Crippen LogP contribution is 2.34. The predicted molar refractivity (Wildman–Crippen MR) is 114 cm³/mol. The third-order valence-corrected chi connectivity index (χ3v) is 5.76. The van der Waals surface area contributed by atoms with Crippen molar-refractivity contribution in [1.82, 2.24) is 10.2 Å². The second-order valence-corrected chi connectivity index (χ2v) is 7.57. The van der Waals surface area contributed by atoms with Crippen molar-refractivity contribution in [3.8, 4) is 11.5 Å². The first-order valence-electron chi connectivity index (χ1n) is 10.3. The molecule has 0 radical (unpaired) electrons. The highest BCUT2D eigenvalue weighted by atomic mass is 16.5. The smallest absolute Gasteiger partial charge is 0.257 e. The summed E-state index contributed by atoms with van der Waals surface area (Å²) in [5, 5.41) is 2.88. The number of methoxy groups -OCH3 is 1. The number of hydrogen-bond donors (Lipinski definition) is 1. The summed E-state index contributed by atoms with van der Waals surface area (Å²) >= 11 is 0. The van der Waals surface area contributed by atoms with Gasteiger partial charge in [-0.15, -0.1) is 0 Å². The molecule has 2 aliphatic heterocycles. The normalized spacial score (nSPS) is 17.8. The maximum Gasteiger partial charge on any atom is 0.257 e. The Morgan fingerprint density at radius 1 is 1.17 bits per heavy atom. The van der Waals surface area contributed by atoms with E-state index in [9.17, 15) is 9.59 Å². The van der Waals surface area contributed by atoms with Gasteiger partial charge in [-0.3, -0.25) is 9.59 Å². The molecule has 2 aromatic rings. The summed E-state index contributed by atoms with van der Waals surface area (Å²) in [4.78, 5) is 29.5. The Morgan fingerprint density at radius 3 is 2.77 bits per heavy atom. The fourth-order valence-electron chi connectivity index (χ4n) is 4.18. The Bertz CT molecular complexity index is 946. The summed E-state index contributed by atoms with van der Waals surface area (Å²) in [5.41, 5.74) is 2.02. The number of carbonyl (C=O) groups is 2. The zero-order valence-electron chi connectivity index (χ0n) is 17.4. The van der Waals surface area contributed by atoms with Crippen molar-refractivity contribution in [2.24, 2.45) is 0 Å². The van der Waals surface area contributed by atoms with Crippen LogP contribution in [0.1, 0.15) is 40.0 Å². The summed E-state index contributed by atoms with van der Waals surface area (Å²) in [6.07, 6.45) is 3.19. The molecule has 1 fully saturated rings. The van der Waals surface area contributed by atoms with Crippen LogP contribution in [-0.2, 0) is 0 Å². The van der Waals surface area contributed by atoms with Gasteiger partial charge in [0.25, 0.3) is 11.8 Å². The summed E-state index contributed by atoms with van der Waals surface area (Å²) in [7, 11) is 3.59. The molecule has 0 bridgehead atoms. The molecule has 0 aliphatic carbocycles. The van der Waals surface area contributed by atoms with Gasteiger partial charge in [0, 0.05) is 19.2 Å². The highest BCUT2D eigenvalue weighted by molar-refractivity contribution is 6.04. The number of nitrogens with one attached hydrogen (secondary N) is 1. The monoisotopic (exact) mass is 409 g/mol.